The van der Waals surface area contributed by atoms with Gasteiger partial charge in [-0.3, -0.25) is 10.1 Å². The third kappa shape index (κ3) is 1.95. The lowest BCUT2D eigenvalue weighted by Crippen LogP contribution is -2.24. The fourth-order valence-electron chi connectivity index (χ4n) is 1.42. The van der Waals surface area contributed by atoms with Crippen molar-refractivity contribution in [2.75, 3.05) is 0 Å². The SMILES string of the molecule is O=[N+]([O-])c1ccc(OC2CCC2)c(Cl)c1F. The molecular formula is C10H9ClFNO3. The van der Waals surface area contributed by atoms with Crippen LogP contribution in [0.15, 0.2) is 12.1 Å². The highest BCUT2D eigenvalue weighted by Crippen LogP contribution is 2.35. The summed E-state index contributed by atoms with van der Waals surface area (Å²) in [5, 5.41) is 10.1. The molecule has 0 aliphatic heterocycles. The molecule has 1 aliphatic carbocycles. The van der Waals surface area contributed by atoms with Gasteiger partial charge in [0.2, 0.25) is 5.82 Å². The molecule has 0 unspecified atom stereocenters. The molecule has 1 fully saturated rings. The van der Waals surface area contributed by atoms with E-state index in [1.165, 1.54) is 6.07 Å². The van der Waals surface area contributed by atoms with Crippen LogP contribution in [0.1, 0.15) is 19.3 Å². The molecule has 0 atom stereocenters. The number of rotatable bonds is 3. The normalized spacial score (nSPS) is 15.6. The van der Waals surface area contributed by atoms with Gasteiger partial charge < -0.3 is 4.74 Å². The van der Waals surface area contributed by atoms with E-state index < -0.39 is 16.4 Å². The Morgan fingerprint density at radius 2 is 2.19 bits per heavy atom. The van der Waals surface area contributed by atoms with Crippen molar-refractivity contribution in [3.63, 3.8) is 0 Å². The van der Waals surface area contributed by atoms with Gasteiger partial charge in [0.05, 0.1) is 11.0 Å². The summed E-state index contributed by atoms with van der Waals surface area (Å²) >= 11 is 5.66. The maximum atomic E-state index is 13.4. The van der Waals surface area contributed by atoms with E-state index in [4.69, 9.17) is 16.3 Å². The van der Waals surface area contributed by atoms with E-state index in [0.717, 1.165) is 25.3 Å². The van der Waals surface area contributed by atoms with E-state index >= 15 is 0 Å². The van der Waals surface area contributed by atoms with Gasteiger partial charge in [-0.1, -0.05) is 11.6 Å². The van der Waals surface area contributed by atoms with Crippen molar-refractivity contribution in [2.24, 2.45) is 0 Å². The van der Waals surface area contributed by atoms with E-state index in [2.05, 4.69) is 0 Å². The van der Waals surface area contributed by atoms with Crippen molar-refractivity contribution in [3.8, 4) is 5.75 Å². The second-order valence-corrected chi connectivity index (χ2v) is 4.02. The lowest BCUT2D eigenvalue weighted by Gasteiger charge is -2.26. The molecule has 0 bridgehead atoms. The van der Waals surface area contributed by atoms with Crippen LogP contribution in [0.3, 0.4) is 0 Å². The summed E-state index contributed by atoms with van der Waals surface area (Å²) < 4.78 is 18.8. The van der Waals surface area contributed by atoms with E-state index in [1.54, 1.807) is 0 Å². The smallest absolute Gasteiger partial charge is 0.306 e. The predicted octanol–water partition coefficient (Wildman–Crippen LogP) is 3.32. The van der Waals surface area contributed by atoms with Crippen molar-refractivity contribution in [2.45, 2.75) is 25.4 Å². The predicted molar refractivity (Wildman–Crippen MR) is 56.3 cm³/mol. The number of nitrogens with zero attached hydrogens (tertiary/aromatic N) is 1. The summed E-state index contributed by atoms with van der Waals surface area (Å²) in [6, 6.07) is 2.40. The fourth-order valence-corrected chi connectivity index (χ4v) is 1.63. The van der Waals surface area contributed by atoms with Crippen molar-refractivity contribution in [3.05, 3.63) is 33.1 Å². The third-order valence-corrected chi connectivity index (χ3v) is 2.92. The first-order valence-electron chi connectivity index (χ1n) is 4.88. The number of nitro benzene ring substituents is 1. The average molecular weight is 246 g/mol. The highest BCUT2D eigenvalue weighted by atomic mass is 35.5. The minimum absolute atomic E-state index is 0.0540. The number of ether oxygens (including phenoxy) is 1. The molecule has 0 radical (unpaired) electrons. The number of benzene rings is 1. The third-order valence-electron chi connectivity index (χ3n) is 2.57. The first-order chi connectivity index (χ1) is 7.59. The van der Waals surface area contributed by atoms with Crippen LogP contribution in [-0.4, -0.2) is 11.0 Å². The van der Waals surface area contributed by atoms with Crippen molar-refractivity contribution >= 4 is 17.3 Å². The Bertz CT molecular complexity index is 434. The number of halogens is 2. The van der Waals surface area contributed by atoms with Gasteiger partial charge in [0.25, 0.3) is 0 Å². The van der Waals surface area contributed by atoms with E-state index in [0.29, 0.717) is 0 Å². The van der Waals surface area contributed by atoms with Crippen LogP contribution in [0, 0.1) is 15.9 Å². The molecule has 0 saturated heterocycles. The zero-order valence-electron chi connectivity index (χ0n) is 8.28. The van der Waals surface area contributed by atoms with Gasteiger partial charge in [-0.05, 0) is 25.3 Å². The Hall–Kier alpha value is -1.36. The standard InChI is InChI=1S/C10H9ClFNO3/c11-9-8(16-6-2-1-3-6)5-4-7(10(9)12)13(14)15/h4-6H,1-3H2. The Morgan fingerprint density at radius 1 is 1.50 bits per heavy atom. The van der Waals surface area contributed by atoms with Crippen LogP contribution in [-0.2, 0) is 0 Å². The van der Waals surface area contributed by atoms with Crippen LogP contribution in [0.25, 0.3) is 0 Å². The topological polar surface area (TPSA) is 52.4 Å². The Labute approximate surface area is 96.1 Å². The molecule has 16 heavy (non-hydrogen) atoms. The molecule has 2 rings (SSSR count). The summed E-state index contributed by atoms with van der Waals surface area (Å²) in [4.78, 5) is 9.63. The monoisotopic (exact) mass is 245 g/mol. The lowest BCUT2D eigenvalue weighted by molar-refractivity contribution is -0.387. The van der Waals surface area contributed by atoms with Gasteiger partial charge in [-0.2, -0.15) is 4.39 Å². The second-order valence-electron chi connectivity index (χ2n) is 3.64. The molecule has 0 amide bonds. The minimum Gasteiger partial charge on any atom is -0.489 e. The maximum Gasteiger partial charge on any atom is 0.306 e. The molecule has 0 heterocycles. The summed E-state index contributed by atoms with van der Waals surface area (Å²) in [5.74, 6) is -0.863. The van der Waals surface area contributed by atoms with Crippen molar-refractivity contribution < 1.29 is 14.1 Å². The summed E-state index contributed by atoms with van der Waals surface area (Å²) in [5.41, 5.74) is -0.633. The Balaban J connectivity index is 2.26. The largest absolute Gasteiger partial charge is 0.489 e. The second kappa shape index (κ2) is 4.25. The molecule has 4 nitrogen and oxygen atoms in total. The molecule has 0 N–H and O–H groups in total. The van der Waals surface area contributed by atoms with E-state index in [-0.39, 0.29) is 16.9 Å². The summed E-state index contributed by atoms with van der Waals surface area (Å²) in [6.45, 7) is 0. The minimum atomic E-state index is -1.04. The van der Waals surface area contributed by atoms with Crippen LogP contribution in [0.5, 0.6) is 5.75 Å². The van der Waals surface area contributed by atoms with Gasteiger partial charge in [0.15, 0.2) is 0 Å². The number of nitro groups is 1. The number of hydrogen-bond donors (Lipinski definition) is 0. The fraction of sp³-hybridized carbons (Fsp3) is 0.400. The van der Waals surface area contributed by atoms with Gasteiger partial charge >= 0.3 is 5.69 Å². The first kappa shape index (κ1) is 11.1. The van der Waals surface area contributed by atoms with Gasteiger partial charge in [-0.25, -0.2) is 0 Å². The Kier molecular flexibility index (Phi) is 2.96. The quantitative estimate of drug-likeness (QED) is 0.606. The summed E-state index contributed by atoms with van der Waals surface area (Å²) in [7, 11) is 0. The van der Waals surface area contributed by atoms with Gasteiger partial charge in [0, 0.05) is 6.07 Å². The van der Waals surface area contributed by atoms with E-state index in [9.17, 15) is 14.5 Å². The van der Waals surface area contributed by atoms with E-state index in [1.807, 2.05) is 0 Å². The van der Waals surface area contributed by atoms with Crippen LogP contribution in [0.2, 0.25) is 5.02 Å². The van der Waals surface area contributed by atoms with Crippen molar-refractivity contribution in [1.29, 1.82) is 0 Å². The van der Waals surface area contributed by atoms with Gasteiger partial charge in [0.1, 0.15) is 10.8 Å². The highest BCUT2D eigenvalue weighted by Gasteiger charge is 2.24. The average Bonchev–Trinajstić information content (AvgIpc) is 2.17. The molecular weight excluding hydrogens is 237 g/mol. The molecule has 86 valence electrons. The zero-order chi connectivity index (χ0) is 11.7. The highest BCUT2D eigenvalue weighted by molar-refractivity contribution is 6.32. The lowest BCUT2D eigenvalue weighted by atomic mass is 9.96. The molecule has 1 aromatic rings. The molecule has 1 aliphatic rings. The van der Waals surface area contributed by atoms with Crippen LogP contribution < -0.4 is 4.74 Å². The zero-order valence-corrected chi connectivity index (χ0v) is 9.04. The summed E-state index contributed by atoms with van der Waals surface area (Å²) in [6.07, 6.45) is 2.96. The van der Waals surface area contributed by atoms with Crippen LogP contribution >= 0.6 is 11.6 Å². The molecule has 0 aromatic heterocycles. The number of hydrogen-bond acceptors (Lipinski definition) is 3. The first-order valence-corrected chi connectivity index (χ1v) is 5.26. The molecule has 1 aromatic carbocycles. The van der Waals surface area contributed by atoms with Crippen molar-refractivity contribution in [1.82, 2.24) is 0 Å². The van der Waals surface area contributed by atoms with Crippen LogP contribution in [0.4, 0.5) is 10.1 Å². The van der Waals surface area contributed by atoms with Gasteiger partial charge in [-0.15, -0.1) is 0 Å². The maximum absolute atomic E-state index is 13.4. The molecule has 0 spiro atoms. The molecule has 1 saturated carbocycles. The molecule has 6 heteroatoms. The Morgan fingerprint density at radius 3 is 2.69 bits per heavy atom.